The van der Waals surface area contributed by atoms with Gasteiger partial charge in [-0.15, -0.1) is 0 Å². The summed E-state index contributed by atoms with van der Waals surface area (Å²) < 4.78 is 2.28. The first-order chi connectivity index (χ1) is 29.3. The Balaban J connectivity index is 1.07. The summed E-state index contributed by atoms with van der Waals surface area (Å²) in [5.41, 5.74) is 15.9. The fourth-order valence-electron chi connectivity index (χ4n) is 10.2. The zero-order valence-corrected chi connectivity index (χ0v) is 32.0. The Bertz CT molecular complexity index is 3530. The minimum Gasteiger partial charge on any atom is -0.294 e. The van der Waals surface area contributed by atoms with Crippen molar-refractivity contribution in [1.29, 1.82) is 0 Å². The number of hydrogen-bond donors (Lipinski definition) is 0. The summed E-state index contributed by atoms with van der Waals surface area (Å²) in [6.07, 6.45) is 1.89. The third-order valence-corrected chi connectivity index (χ3v) is 12.7. The van der Waals surface area contributed by atoms with Crippen LogP contribution in [0.3, 0.4) is 0 Å². The molecule has 1 aliphatic carbocycles. The molecule has 0 saturated heterocycles. The molecule has 2 heteroatoms. The Labute approximate surface area is 340 Å². The van der Waals surface area contributed by atoms with Crippen molar-refractivity contribution >= 4 is 65.0 Å². The molecule has 12 aromatic rings. The number of pyridine rings is 1. The molecule has 0 atom stereocenters. The number of nitrogens with zero attached hydrogens (tertiary/aromatic N) is 2. The standard InChI is InChI=1S/C57H34N2/c1-3-13-38-33-40(24-22-35(38)11-1)52-46-16-5-6-17-47(46)53(41-25-23-36-12-2-4-14-39(36)34-41)56-50-31-30-43(45-18-9-19-49(54(45)50)55(52)56)37-26-28-42(29-27-37)59-51-21-8-7-15-44(51)48-20-10-32-58-57(48)59/h1-34H. The Morgan fingerprint density at radius 3 is 1.53 bits per heavy atom. The van der Waals surface area contributed by atoms with Gasteiger partial charge in [0.25, 0.3) is 0 Å². The van der Waals surface area contributed by atoms with Gasteiger partial charge in [0.1, 0.15) is 5.65 Å². The number of rotatable bonds is 4. The van der Waals surface area contributed by atoms with Crippen molar-refractivity contribution in [3.63, 3.8) is 0 Å². The molecule has 0 spiro atoms. The van der Waals surface area contributed by atoms with E-state index in [1.165, 1.54) is 104 Å². The highest BCUT2D eigenvalue weighted by Crippen LogP contribution is 2.58. The van der Waals surface area contributed by atoms with Gasteiger partial charge in [-0.2, -0.15) is 0 Å². The van der Waals surface area contributed by atoms with E-state index in [0.717, 1.165) is 22.2 Å². The second-order valence-electron chi connectivity index (χ2n) is 15.8. The molecule has 0 aliphatic heterocycles. The molecule has 0 fully saturated rings. The van der Waals surface area contributed by atoms with Crippen LogP contribution in [0.1, 0.15) is 0 Å². The number of hydrogen-bond acceptors (Lipinski definition) is 1. The van der Waals surface area contributed by atoms with Gasteiger partial charge in [0, 0.05) is 22.7 Å². The molecular formula is C57H34N2. The zero-order chi connectivity index (χ0) is 38.6. The molecule has 2 heterocycles. The van der Waals surface area contributed by atoms with E-state index >= 15 is 0 Å². The van der Waals surface area contributed by atoms with Crippen LogP contribution in [0.5, 0.6) is 0 Å². The molecule has 0 radical (unpaired) electrons. The predicted octanol–water partition coefficient (Wildman–Crippen LogP) is 15.4. The quantitative estimate of drug-likeness (QED) is 0.175. The lowest BCUT2D eigenvalue weighted by molar-refractivity contribution is 1.14. The summed E-state index contributed by atoms with van der Waals surface area (Å²) >= 11 is 0. The minimum absolute atomic E-state index is 0.973. The van der Waals surface area contributed by atoms with E-state index in [0.29, 0.717) is 0 Å². The summed E-state index contributed by atoms with van der Waals surface area (Å²) in [4.78, 5) is 4.83. The monoisotopic (exact) mass is 746 g/mol. The summed E-state index contributed by atoms with van der Waals surface area (Å²) in [7, 11) is 0. The largest absolute Gasteiger partial charge is 0.294 e. The maximum absolute atomic E-state index is 4.83. The molecule has 2 aromatic heterocycles. The van der Waals surface area contributed by atoms with Crippen LogP contribution in [0.25, 0.3) is 126 Å². The molecule has 272 valence electrons. The van der Waals surface area contributed by atoms with Gasteiger partial charge in [0.15, 0.2) is 0 Å². The number of fused-ring (bicyclic) bond motifs is 9. The fraction of sp³-hybridized carbons (Fsp3) is 0. The van der Waals surface area contributed by atoms with Crippen LogP contribution in [0, 0.1) is 0 Å². The second kappa shape index (κ2) is 12.3. The van der Waals surface area contributed by atoms with Crippen molar-refractivity contribution in [2.24, 2.45) is 0 Å². The topological polar surface area (TPSA) is 17.8 Å². The highest BCUT2D eigenvalue weighted by Gasteiger charge is 2.31. The van der Waals surface area contributed by atoms with Crippen molar-refractivity contribution in [3.05, 3.63) is 206 Å². The molecule has 2 nitrogen and oxygen atoms in total. The first-order valence-corrected chi connectivity index (χ1v) is 20.4. The van der Waals surface area contributed by atoms with Crippen LogP contribution >= 0.6 is 0 Å². The second-order valence-corrected chi connectivity index (χ2v) is 15.8. The molecule has 0 unspecified atom stereocenters. The van der Waals surface area contributed by atoms with Gasteiger partial charge in [0.2, 0.25) is 0 Å². The average Bonchev–Trinajstić information content (AvgIpc) is 3.82. The Morgan fingerprint density at radius 1 is 0.322 bits per heavy atom. The predicted molar refractivity (Wildman–Crippen MR) is 249 cm³/mol. The molecule has 1 aliphatic rings. The molecule has 0 N–H and O–H groups in total. The lowest BCUT2D eigenvalue weighted by Crippen LogP contribution is -1.95. The van der Waals surface area contributed by atoms with Gasteiger partial charge >= 0.3 is 0 Å². The number of aromatic nitrogens is 2. The highest BCUT2D eigenvalue weighted by atomic mass is 15.0. The Kier molecular flexibility index (Phi) is 6.76. The molecule has 10 aromatic carbocycles. The third kappa shape index (κ3) is 4.66. The molecule has 0 amide bonds. The van der Waals surface area contributed by atoms with E-state index in [1.807, 2.05) is 12.3 Å². The van der Waals surface area contributed by atoms with E-state index < -0.39 is 0 Å². The molecule has 59 heavy (non-hydrogen) atoms. The molecular weight excluding hydrogens is 713 g/mol. The van der Waals surface area contributed by atoms with E-state index in [1.54, 1.807) is 0 Å². The van der Waals surface area contributed by atoms with Crippen molar-refractivity contribution < 1.29 is 0 Å². The third-order valence-electron chi connectivity index (χ3n) is 12.7. The van der Waals surface area contributed by atoms with Gasteiger partial charge < -0.3 is 0 Å². The SMILES string of the molecule is c1ccc2cc(-c3c4c(c(-c5ccc6ccccc6c5)c5ccccc35)-c3ccc(-c5ccc(-n6c7ccccc7c7cccnc76)cc5)c5cccc-4c35)ccc2c1. The van der Waals surface area contributed by atoms with E-state index in [-0.39, 0.29) is 0 Å². The van der Waals surface area contributed by atoms with Crippen molar-refractivity contribution in [3.8, 4) is 61.3 Å². The fourth-order valence-corrected chi connectivity index (χ4v) is 10.2. The van der Waals surface area contributed by atoms with E-state index in [9.17, 15) is 0 Å². The summed E-state index contributed by atoms with van der Waals surface area (Å²) in [5, 5.41) is 12.5. The van der Waals surface area contributed by atoms with Crippen LogP contribution in [0.15, 0.2) is 206 Å². The summed E-state index contributed by atoms with van der Waals surface area (Å²) in [6, 6.07) is 73.9. The van der Waals surface area contributed by atoms with Gasteiger partial charge in [-0.1, -0.05) is 158 Å². The van der Waals surface area contributed by atoms with Gasteiger partial charge in [-0.3, -0.25) is 4.57 Å². The molecule has 0 saturated carbocycles. The lowest BCUT2D eigenvalue weighted by Gasteiger charge is -2.21. The maximum atomic E-state index is 4.83. The normalized spacial score (nSPS) is 12.1. The first kappa shape index (κ1) is 32.3. The Hall–Kier alpha value is -7.81. The maximum Gasteiger partial charge on any atom is 0.145 e. The first-order valence-electron chi connectivity index (χ1n) is 20.4. The van der Waals surface area contributed by atoms with Crippen molar-refractivity contribution in [1.82, 2.24) is 9.55 Å². The van der Waals surface area contributed by atoms with Crippen molar-refractivity contribution in [2.45, 2.75) is 0 Å². The minimum atomic E-state index is 0.973. The highest BCUT2D eigenvalue weighted by molar-refractivity contribution is 6.29. The zero-order valence-electron chi connectivity index (χ0n) is 32.0. The van der Waals surface area contributed by atoms with Crippen LogP contribution in [0.4, 0.5) is 0 Å². The van der Waals surface area contributed by atoms with Crippen LogP contribution < -0.4 is 0 Å². The van der Waals surface area contributed by atoms with Crippen LogP contribution in [-0.2, 0) is 0 Å². The van der Waals surface area contributed by atoms with E-state index in [4.69, 9.17) is 4.98 Å². The van der Waals surface area contributed by atoms with Crippen molar-refractivity contribution in [2.75, 3.05) is 0 Å². The van der Waals surface area contributed by atoms with Gasteiger partial charge in [-0.25, -0.2) is 4.98 Å². The van der Waals surface area contributed by atoms with Gasteiger partial charge in [-0.05, 0) is 141 Å². The molecule has 0 bridgehead atoms. The average molecular weight is 747 g/mol. The summed E-state index contributed by atoms with van der Waals surface area (Å²) in [5.74, 6) is 0. The van der Waals surface area contributed by atoms with E-state index in [2.05, 4.69) is 199 Å². The lowest BCUT2D eigenvalue weighted by atomic mass is 9.82. The summed E-state index contributed by atoms with van der Waals surface area (Å²) in [6.45, 7) is 0. The number of para-hydroxylation sites is 1. The van der Waals surface area contributed by atoms with Crippen LogP contribution in [-0.4, -0.2) is 9.55 Å². The molecule has 13 rings (SSSR count). The number of benzene rings is 10. The van der Waals surface area contributed by atoms with Crippen LogP contribution in [0.2, 0.25) is 0 Å². The van der Waals surface area contributed by atoms with Gasteiger partial charge in [0.05, 0.1) is 5.52 Å². The smallest absolute Gasteiger partial charge is 0.145 e. The Morgan fingerprint density at radius 2 is 0.847 bits per heavy atom.